The Balaban J connectivity index is 2.23. The third-order valence-corrected chi connectivity index (χ3v) is 3.96. The van der Waals surface area contributed by atoms with Crippen LogP contribution in [0, 0.1) is 10.5 Å². The van der Waals surface area contributed by atoms with Gasteiger partial charge in [-0.15, -0.1) is 0 Å². The van der Waals surface area contributed by atoms with Gasteiger partial charge in [0.1, 0.15) is 0 Å². The van der Waals surface area contributed by atoms with Crippen LogP contribution in [0.25, 0.3) is 0 Å². The molecule has 0 fully saturated rings. The molecular formula is C16H18IN. The Bertz CT molecular complexity index is 522. The van der Waals surface area contributed by atoms with Crippen molar-refractivity contribution in [3.8, 4) is 0 Å². The van der Waals surface area contributed by atoms with Crippen molar-refractivity contribution in [3.05, 3.63) is 68.8 Å². The normalized spacial score (nSPS) is 12.4. The number of nitrogens with one attached hydrogen (secondary N) is 1. The van der Waals surface area contributed by atoms with Crippen LogP contribution in [0.3, 0.4) is 0 Å². The number of hydrogen-bond acceptors (Lipinski definition) is 1. The average molecular weight is 351 g/mol. The van der Waals surface area contributed by atoms with Crippen LogP contribution < -0.4 is 5.32 Å². The molecule has 18 heavy (non-hydrogen) atoms. The van der Waals surface area contributed by atoms with E-state index in [1.54, 1.807) is 0 Å². The van der Waals surface area contributed by atoms with Gasteiger partial charge in [0.2, 0.25) is 0 Å². The SMILES string of the molecule is CNC(Cc1ccccc1C)c1cccc(I)c1. The molecule has 0 amide bonds. The van der Waals surface area contributed by atoms with E-state index in [4.69, 9.17) is 0 Å². The summed E-state index contributed by atoms with van der Waals surface area (Å²) in [5, 5.41) is 3.42. The summed E-state index contributed by atoms with van der Waals surface area (Å²) in [6.45, 7) is 2.18. The first kappa shape index (κ1) is 13.6. The van der Waals surface area contributed by atoms with Gasteiger partial charge in [0, 0.05) is 9.61 Å². The van der Waals surface area contributed by atoms with Gasteiger partial charge in [-0.25, -0.2) is 0 Å². The first-order valence-corrected chi connectivity index (χ1v) is 7.26. The van der Waals surface area contributed by atoms with Crippen LogP contribution in [-0.2, 0) is 6.42 Å². The van der Waals surface area contributed by atoms with Gasteiger partial charge in [-0.2, -0.15) is 0 Å². The second-order valence-corrected chi connectivity index (χ2v) is 5.77. The molecule has 2 aromatic rings. The first-order valence-electron chi connectivity index (χ1n) is 6.18. The Morgan fingerprint density at radius 1 is 1.11 bits per heavy atom. The zero-order valence-corrected chi connectivity index (χ0v) is 12.9. The molecule has 2 rings (SSSR count). The van der Waals surface area contributed by atoms with Gasteiger partial charge in [-0.3, -0.25) is 0 Å². The van der Waals surface area contributed by atoms with Crippen molar-refractivity contribution in [1.29, 1.82) is 0 Å². The number of rotatable bonds is 4. The maximum Gasteiger partial charge on any atom is 0.0358 e. The van der Waals surface area contributed by atoms with Crippen molar-refractivity contribution in [3.63, 3.8) is 0 Å². The van der Waals surface area contributed by atoms with Crippen molar-refractivity contribution >= 4 is 22.6 Å². The summed E-state index contributed by atoms with van der Waals surface area (Å²) in [4.78, 5) is 0. The molecule has 1 unspecified atom stereocenters. The lowest BCUT2D eigenvalue weighted by Gasteiger charge is -2.18. The van der Waals surface area contributed by atoms with Crippen LogP contribution in [0.1, 0.15) is 22.7 Å². The van der Waals surface area contributed by atoms with Gasteiger partial charge < -0.3 is 5.32 Å². The smallest absolute Gasteiger partial charge is 0.0358 e. The van der Waals surface area contributed by atoms with Gasteiger partial charge in [0.15, 0.2) is 0 Å². The van der Waals surface area contributed by atoms with Crippen molar-refractivity contribution in [2.45, 2.75) is 19.4 Å². The summed E-state index contributed by atoms with van der Waals surface area (Å²) >= 11 is 2.37. The number of benzene rings is 2. The van der Waals surface area contributed by atoms with Gasteiger partial charge >= 0.3 is 0 Å². The highest BCUT2D eigenvalue weighted by atomic mass is 127. The fraction of sp³-hybridized carbons (Fsp3) is 0.250. The van der Waals surface area contributed by atoms with Crippen molar-refractivity contribution in [2.75, 3.05) is 7.05 Å². The van der Waals surface area contributed by atoms with Crippen LogP contribution in [0.5, 0.6) is 0 Å². The predicted molar refractivity (Wildman–Crippen MR) is 85.8 cm³/mol. The highest BCUT2D eigenvalue weighted by Gasteiger charge is 2.11. The molecule has 1 nitrogen and oxygen atoms in total. The first-order chi connectivity index (χ1) is 8.70. The molecule has 1 N–H and O–H groups in total. The molecule has 0 heterocycles. The van der Waals surface area contributed by atoms with Crippen molar-refractivity contribution in [1.82, 2.24) is 5.32 Å². The minimum absolute atomic E-state index is 0.376. The van der Waals surface area contributed by atoms with Crippen molar-refractivity contribution < 1.29 is 0 Å². The van der Waals surface area contributed by atoms with Gasteiger partial charge in [0.25, 0.3) is 0 Å². The lowest BCUT2D eigenvalue weighted by atomic mass is 9.96. The molecule has 0 aromatic heterocycles. The Morgan fingerprint density at radius 3 is 2.56 bits per heavy atom. The third kappa shape index (κ3) is 3.33. The number of aryl methyl sites for hydroxylation is 1. The van der Waals surface area contributed by atoms with E-state index in [-0.39, 0.29) is 0 Å². The van der Waals surface area contributed by atoms with Gasteiger partial charge in [-0.05, 0) is 71.8 Å². The van der Waals surface area contributed by atoms with E-state index in [9.17, 15) is 0 Å². The topological polar surface area (TPSA) is 12.0 Å². The highest BCUT2D eigenvalue weighted by molar-refractivity contribution is 14.1. The molecule has 2 heteroatoms. The zero-order valence-electron chi connectivity index (χ0n) is 10.8. The second-order valence-electron chi connectivity index (χ2n) is 4.53. The molecule has 0 aliphatic rings. The van der Waals surface area contributed by atoms with E-state index in [0.29, 0.717) is 6.04 Å². The average Bonchev–Trinajstić information content (AvgIpc) is 2.38. The lowest BCUT2D eigenvalue weighted by Crippen LogP contribution is -2.19. The predicted octanol–water partition coefficient (Wildman–Crippen LogP) is 4.10. The second kappa shape index (κ2) is 6.34. The molecule has 0 saturated heterocycles. The zero-order chi connectivity index (χ0) is 13.0. The van der Waals surface area contributed by atoms with E-state index in [1.165, 1.54) is 20.3 Å². The van der Waals surface area contributed by atoms with E-state index in [0.717, 1.165) is 6.42 Å². The Kier molecular flexibility index (Phi) is 4.78. The minimum Gasteiger partial charge on any atom is -0.313 e. The Hall–Kier alpha value is -0.870. The summed E-state index contributed by atoms with van der Waals surface area (Å²) in [7, 11) is 2.03. The van der Waals surface area contributed by atoms with E-state index >= 15 is 0 Å². The summed E-state index contributed by atoms with van der Waals surface area (Å²) < 4.78 is 1.29. The highest BCUT2D eigenvalue weighted by Crippen LogP contribution is 2.21. The molecule has 0 spiro atoms. The van der Waals surface area contributed by atoms with Crippen LogP contribution in [-0.4, -0.2) is 7.05 Å². The van der Waals surface area contributed by atoms with E-state index < -0.39 is 0 Å². The van der Waals surface area contributed by atoms with Crippen LogP contribution in [0.15, 0.2) is 48.5 Å². The third-order valence-electron chi connectivity index (χ3n) is 3.28. The molecule has 1 atom stereocenters. The number of likely N-dealkylation sites (N-methyl/N-ethyl adjacent to an activating group) is 1. The number of hydrogen-bond donors (Lipinski definition) is 1. The monoisotopic (exact) mass is 351 g/mol. The molecule has 0 bridgehead atoms. The quantitative estimate of drug-likeness (QED) is 0.818. The maximum absolute atomic E-state index is 3.42. The molecule has 0 aliphatic heterocycles. The molecule has 2 aromatic carbocycles. The van der Waals surface area contributed by atoms with Crippen LogP contribution in [0.4, 0.5) is 0 Å². The van der Waals surface area contributed by atoms with Crippen molar-refractivity contribution in [2.24, 2.45) is 0 Å². The molecular weight excluding hydrogens is 333 g/mol. The lowest BCUT2D eigenvalue weighted by molar-refractivity contribution is 0.590. The summed E-state index contributed by atoms with van der Waals surface area (Å²) in [6, 6.07) is 17.7. The van der Waals surface area contributed by atoms with Crippen LogP contribution >= 0.6 is 22.6 Å². The summed E-state index contributed by atoms with van der Waals surface area (Å²) in [5.41, 5.74) is 4.13. The molecule has 0 aliphatic carbocycles. The fourth-order valence-electron chi connectivity index (χ4n) is 2.17. The minimum atomic E-state index is 0.376. The van der Waals surface area contributed by atoms with Crippen LogP contribution in [0.2, 0.25) is 0 Å². The molecule has 0 saturated carbocycles. The summed E-state index contributed by atoms with van der Waals surface area (Å²) in [5.74, 6) is 0. The van der Waals surface area contributed by atoms with E-state index in [1.807, 2.05) is 7.05 Å². The number of halogens is 1. The Morgan fingerprint density at radius 2 is 1.89 bits per heavy atom. The maximum atomic E-state index is 3.42. The Labute approximate surface area is 123 Å². The van der Waals surface area contributed by atoms with E-state index in [2.05, 4.69) is 83.4 Å². The van der Waals surface area contributed by atoms with Gasteiger partial charge in [-0.1, -0.05) is 36.4 Å². The fourth-order valence-corrected chi connectivity index (χ4v) is 2.74. The molecule has 0 radical (unpaired) electrons. The molecule has 94 valence electrons. The van der Waals surface area contributed by atoms with Gasteiger partial charge in [0.05, 0.1) is 0 Å². The standard InChI is InChI=1S/C16H18IN/c1-12-6-3-4-7-13(12)11-16(18-2)14-8-5-9-15(17)10-14/h3-10,16,18H,11H2,1-2H3. The summed E-state index contributed by atoms with van der Waals surface area (Å²) in [6.07, 6.45) is 1.03. The largest absolute Gasteiger partial charge is 0.313 e.